The first-order chi connectivity index (χ1) is 14.6. The third-order valence-corrected chi connectivity index (χ3v) is 7.17. The van der Waals surface area contributed by atoms with E-state index in [-0.39, 0.29) is 28.8 Å². The van der Waals surface area contributed by atoms with Crippen molar-refractivity contribution in [2.75, 3.05) is 18.4 Å². The number of aromatic nitrogens is 3. The molecule has 0 spiro atoms. The summed E-state index contributed by atoms with van der Waals surface area (Å²) in [6.45, 7) is 0.647. The Morgan fingerprint density at radius 1 is 1.26 bits per heavy atom. The van der Waals surface area contributed by atoms with E-state index in [0.717, 1.165) is 12.1 Å². The van der Waals surface area contributed by atoms with Crippen molar-refractivity contribution in [2.24, 2.45) is 7.05 Å². The number of pyridine rings is 1. The molecule has 3 heterocycles. The molecule has 1 aromatic carbocycles. The Morgan fingerprint density at radius 3 is 2.58 bits per heavy atom. The molecule has 166 valence electrons. The van der Waals surface area contributed by atoms with Crippen LogP contribution in [0.1, 0.15) is 12.0 Å². The van der Waals surface area contributed by atoms with Crippen molar-refractivity contribution < 1.29 is 22.3 Å². The summed E-state index contributed by atoms with van der Waals surface area (Å²) in [5.74, 6) is 0.224. The topological polar surface area (TPSA) is 112 Å². The van der Waals surface area contributed by atoms with Gasteiger partial charge >= 0.3 is 6.18 Å². The summed E-state index contributed by atoms with van der Waals surface area (Å²) >= 11 is 0. The molecule has 1 saturated heterocycles. The summed E-state index contributed by atoms with van der Waals surface area (Å²) in [5.41, 5.74) is -0.0213. The maximum absolute atomic E-state index is 12.9. The lowest BCUT2D eigenvalue weighted by molar-refractivity contribution is -0.137. The molecule has 1 aliphatic heterocycles. The number of halogens is 3. The molecule has 1 unspecified atom stereocenters. The number of hydrogen-bond acceptors (Lipinski definition) is 7. The quantitative estimate of drug-likeness (QED) is 0.477. The monoisotopic (exact) mass is 455 g/mol. The van der Waals surface area contributed by atoms with Crippen LogP contribution in [0.2, 0.25) is 0 Å². The molecule has 0 aliphatic carbocycles. The molecule has 8 nitrogen and oxygen atoms in total. The zero-order chi connectivity index (χ0) is 22.4. The van der Waals surface area contributed by atoms with Crippen molar-refractivity contribution in [1.29, 1.82) is 0 Å². The predicted molar refractivity (Wildman–Crippen MR) is 113 cm³/mol. The minimum atomic E-state index is -4.45. The first-order valence-corrected chi connectivity index (χ1v) is 11.0. The highest BCUT2D eigenvalue weighted by molar-refractivity contribution is 8.23. The van der Waals surface area contributed by atoms with Gasteiger partial charge in [0.1, 0.15) is 11.2 Å². The first-order valence-electron chi connectivity index (χ1n) is 9.35. The van der Waals surface area contributed by atoms with Gasteiger partial charge in [0.15, 0.2) is 0 Å². The van der Waals surface area contributed by atoms with Gasteiger partial charge in [-0.3, -0.25) is 13.9 Å². The fourth-order valence-corrected chi connectivity index (χ4v) is 4.89. The molecule has 1 fully saturated rings. The van der Waals surface area contributed by atoms with E-state index in [0.29, 0.717) is 24.1 Å². The molecule has 1 aliphatic rings. The molecular formula is C19H20F3N5O3S. The van der Waals surface area contributed by atoms with Gasteiger partial charge in [-0.05, 0) is 24.1 Å². The van der Waals surface area contributed by atoms with Gasteiger partial charge in [-0.1, -0.05) is 12.1 Å². The van der Waals surface area contributed by atoms with E-state index in [1.54, 1.807) is 0 Å². The van der Waals surface area contributed by atoms with Gasteiger partial charge in [0.25, 0.3) is 5.56 Å². The second kappa shape index (κ2) is 7.79. The summed E-state index contributed by atoms with van der Waals surface area (Å²) in [6, 6.07) is 4.55. The van der Waals surface area contributed by atoms with Gasteiger partial charge < -0.3 is 9.88 Å². The smallest absolute Gasteiger partial charge is 0.367 e. The molecule has 0 bridgehead atoms. The van der Waals surface area contributed by atoms with Gasteiger partial charge in [0.05, 0.1) is 22.7 Å². The number of anilines is 1. The standard InChI is InChI=1S/C19H20F3N5O3S/c1-27-10-25-16-14(11-2-4-12(5-3-11)19(20,21)22)9-24-17(15(16)18(27)28)23-8-13-6-7-26-31(13,29)30/h2-5,9-10,13,26,29-30H,6-8H2,1H3,(H,23,24). The van der Waals surface area contributed by atoms with Crippen LogP contribution in [0, 0.1) is 0 Å². The van der Waals surface area contributed by atoms with Crippen molar-refractivity contribution in [2.45, 2.75) is 17.8 Å². The Balaban J connectivity index is 1.75. The maximum atomic E-state index is 12.9. The maximum Gasteiger partial charge on any atom is 0.416 e. The molecule has 31 heavy (non-hydrogen) atoms. The van der Waals surface area contributed by atoms with Crippen molar-refractivity contribution in [3.8, 4) is 11.1 Å². The number of aryl methyl sites for hydroxylation is 1. The minimum Gasteiger partial charge on any atom is -0.367 e. The van der Waals surface area contributed by atoms with Crippen molar-refractivity contribution in [1.82, 2.24) is 19.3 Å². The van der Waals surface area contributed by atoms with Gasteiger partial charge in [0, 0.05) is 31.9 Å². The van der Waals surface area contributed by atoms with E-state index in [2.05, 4.69) is 20.0 Å². The lowest BCUT2D eigenvalue weighted by Crippen LogP contribution is -2.27. The van der Waals surface area contributed by atoms with E-state index in [1.165, 1.54) is 36.3 Å². The molecular weight excluding hydrogens is 435 g/mol. The van der Waals surface area contributed by atoms with Gasteiger partial charge in [0.2, 0.25) is 0 Å². The van der Waals surface area contributed by atoms with Crippen LogP contribution in [0.3, 0.4) is 0 Å². The highest BCUT2D eigenvalue weighted by Gasteiger charge is 2.32. The zero-order valence-electron chi connectivity index (χ0n) is 16.3. The van der Waals surface area contributed by atoms with Crippen LogP contribution in [0.15, 0.2) is 41.6 Å². The van der Waals surface area contributed by atoms with E-state index in [1.807, 2.05) is 0 Å². The van der Waals surface area contributed by atoms with Gasteiger partial charge in [-0.15, -0.1) is 10.8 Å². The molecule has 0 radical (unpaired) electrons. The van der Waals surface area contributed by atoms with Crippen molar-refractivity contribution >= 4 is 27.5 Å². The number of alkyl halides is 3. The predicted octanol–water partition coefficient (Wildman–Crippen LogP) is 3.45. The molecule has 3 aromatic rings. The van der Waals surface area contributed by atoms with Crippen molar-refractivity contribution in [3.63, 3.8) is 0 Å². The van der Waals surface area contributed by atoms with E-state index < -0.39 is 27.8 Å². The molecule has 4 N–H and O–H groups in total. The Morgan fingerprint density at radius 2 is 1.97 bits per heavy atom. The zero-order valence-corrected chi connectivity index (χ0v) is 17.2. The molecule has 4 rings (SSSR count). The fourth-order valence-electron chi connectivity index (χ4n) is 3.48. The fraction of sp³-hybridized carbons (Fsp3) is 0.316. The molecule has 12 heteroatoms. The average molecular weight is 455 g/mol. The average Bonchev–Trinajstić information content (AvgIpc) is 3.06. The normalized spacial score (nSPS) is 19.5. The number of hydrogen-bond donors (Lipinski definition) is 4. The summed E-state index contributed by atoms with van der Waals surface area (Å²) in [5, 5.41) is 2.73. The lowest BCUT2D eigenvalue weighted by atomic mass is 10.0. The number of fused-ring (bicyclic) bond motifs is 1. The van der Waals surface area contributed by atoms with E-state index >= 15 is 0 Å². The van der Waals surface area contributed by atoms with Gasteiger partial charge in [-0.25, -0.2) is 14.7 Å². The molecule has 1 atom stereocenters. The first kappa shape index (κ1) is 21.6. The number of nitrogens with one attached hydrogen (secondary N) is 2. The van der Waals surface area contributed by atoms with Crippen LogP contribution in [0.4, 0.5) is 19.0 Å². The van der Waals surface area contributed by atoms with E-state index in [9.17, 15) is 27.1 Å². The Labute approximate surface area is 176 Å². The third-order valence-electron chi connectivity index (χ3n) is 5.21. The van der Waals surface area contributed by atoms with Crippen molar-refractivity contribution in [3.05, 3.63) is 52.7 Å². The number of nitrogens with zero attached hydrogens (tertiary/aromatic N) is 3. The molecule has 2 aromatic heterocycles. The van der Waals surface area contributed by atoms with E-state index in [4.69, 9.17) is 0 Å². The van der Waals surface area contributed by atoms with Crippen LogP contribution < -0.4 is 15.6 Å². The van der Waals surface area contributed by atoms with Crippen LogP contribution >= 0.6 is 10.8 Å². The SMILES string of the molecule is Cn1cnc2c(-c3ccc(C(F)(F)F)cc3)cnc(NCC3CCNS3(O)O)c2c1=O. The molecule has 0 saturated carbocycles. The van der Waals surface area contributed by atoms with Crippen LogP contribution in [0.5, 0.6) is 0 Å². The third kappa shape index (κ3) is 4.11. The second-order valence-corrected chi connectivity index (χ2v) is 9.40. The summed E-state index contributed by atoms with van der Waals surface area (Å²) in [6.07, 6.45) is -1.14. The Kier molecular flexibility index (Phi) is 5.41. The second-order valence-electron chi connectivity index (χ2n) is 7.26. The van der Waals surface area contributed by atoms with Crippen LogP contribution in [-0.2, 0) is 13.2 Å². The van der Waals surface area contributed by atoms with Crippen LogP contribution in [0.25, 0.3) is 22.0 Å². The summed E-state index contributed by atoms with van der Waals surface area (Å²) in [7, 11) is -1.40. The van der Waals surface area contributed by atoms with Crippen LogP contribution in [-0.4, -0.2) is 42.0 Å². The minimum absolute atomic E-state index is 0.171. The number of rotatable bonds is 4. The molecule has 0 amide bonds. The number of benzene rings is 1. The lowest BCUT2D eigenvalue weighted by Gasteiger charge is -2.33. The largest absolute Gasteiger partial charge is 0.416 e. The Bertz CT molecular complexity index is 1180. The Hall–Kier alpha value is -2.67. The van der Waals surface area contributed by atoms with Gasteiger partial charge in [-0.2, -0.15) is 13.2 Å². The highest BCUT2D eigenvalue weighted by Crippen LogP contribution is 2.45. The summed E-state index contributed by atoms with van der Waals surface area (Å²) < 4.78 is 62.6. The highest BCUT2D eigenvalue weighted by atomic mass is 32.3. The summed E-state index contributed by atoms with van der Waals surface area (Å²) in [4.78, 5) is 21.4.